The Kier molecular flexibility index (Phi) is 7.85. The summed E-state index contributed by atoms with van der Waals surface area (Å²) in [6.07, 6.45) is 9.94. The van der Waals surface area contributed by atoms with Crippen LogP contribution in [0.3, 0.4) is 0 Å². The number of likely N-dealkylation sites (tertiary alicyclic amines) is 1. The summed E-state index contributed by atoms with van der Waals surface area (Å²) in [7, 11) is 0. The van der Waals surface area contributed by atoms with Crippen molar-refractivity contribution < 1.29 is 10.0 Å². The summed E-state index contributed by atoms with van der Waals surface area (Å²) in [5, 5.41) is 17.8. The fourth-order valence-electron chi connectivity index (χ4n) is 4.60. The number of carbonyl (C=O) groups excluding carboxylic acids is 1. The molecule has 1 aromatic carbocycles. The highest BCUT2D eigenvalue weighted by Gasteiger charge is 2.30. The van der Waals surface area contributed by atoms with E-state index in [2.05, 4.69) is 21.4 Å². The Hall–Kier alpha value is -2.61. The number of hydrazine groups is 1. The van der Waals surface area contributed by atoms with Crippen molar-refractivity contribution in [1.29, 1.82) is 0 Å². The van der Waals surface area contributed by atoms with Crippen LogP contribution in [0.5, 0.6) is 0 Å². The largest absolute Gasteiger partial charge is 0.356 e. The number of pyridine rings is 1. The van der Waals surface area contributed by atoms with E-state index in [1.807, 2.05) is 42.3 Å². The van der Waals surface area contributed by atoms with Crippen molar-refractivity contribution in [3.05, 3.63) is 65.1 Å². The molecule has 4 rings (SSSR count). The van der Waals surface area contributed by atoms with Gasteiger partial charge in [-0.3, -0.25) is 24.9 Å². The summed E-state index contributed by atoms with van der Waals surface area (Å²) in [5.74, 6) is 0.0999. The molecule has 0 radical (unpaired) electrons. The molecule has 2 aromatic rings. The zero-order valence-corrected chi connectivity index (χ0v) is 19.8. The molecule has 33 heavy (non-hydrogen) atoms. The molecule has 176 valence electrons. The molecule has 1 atom stereocenters. The number of hydrogen-bond acceptors (Lipinski definition) is 6. The molecule has 0 spiro atoms. The summed E-state index contributed by atoms with van der Waals surface area (Å²) in [4.78, 5) is 18.2. The minimum Gasteiger partial charge on any atom is -0.356 e. The fraction of sp³-hybridized carbons (Fsp3) is 0.440. The highest BCUT2D eigenvalue weighted by Crippen LogP contribution is 2.34. The van der Waals surface area contributed by atoms with Gasteiger partial charge in [0.2, 0.25) is 5.91 Å². The first-order chi connectivity index (χ1) is 16.0. The molecule has 2 N–H and O–H groups in total. The minimum atomic E-state index is 0.0999. The molecule has 3 heterocycles. The van der Waals surface area contributed by atoms with Gasteiger partial charge in [-0.05, 0) is 61.6 Å². The van der Waals surface area contributed by atoms with E-state index in [1.165, 1.54) is 5.17 Å². The van der Waals surface area contributed by atoms with Gasteiger partial charge in [-0.1, -0.05) is 30.7 Å². The van der Waals surface area contributed by atoms with Crippen molar-refractivity contribution in [1.82, 2.24) is 20.2 Å². The number of halogens is 1. The summed E-state index contributed by atoms with van der Waals surface area (Å²) >= 11 is 6.06. The lowest BCUT2D eigenvalue weighted by atomic mass is 9.97. The lowest BCUT2D eigenvalue weighted by molar-refractivity contribution is -0.120. The number of carbonyl (C=O) groups is 1. The predicted octanol–water partition coefficient (Wildman–Crippen LogP) is 4.13. The van der Waals surface area contributed by atoms with E-state index in [0.29, 0.717) is 31.2 Å². The zero-order valence-electron chi connectivity index (χ0n) is 19.1. The molecule has 7 nitrogen and oxygen atoms in total. The first kappa shape index (κ1) is 23.5. The Morgan fingerprint density at radius 2 is 2.09 bits per heavy atom. The number of amides is 1. The van der Waals surface area contributed by atoms with Crippen molar-refractivity contribution >= 4 is 28.8 Å². The number of fused-ring (bicyclic) bond motifs is 1. The van der Waals surface area contributed by atoms with Crippen molar-refractivity contribution in [2.24, 2.45) is 0 Å². The predicted molar refractivity (Wildman–Crippen MR) is 131 cm³/mol. The van der Waals surface area contributed by atoms with Crippen molar-refractivity contribution in [3.8, 4) is 0 Å². The van der Waals surface area contributed by atoms with E-state index in [1.54, 1.807) is 12.4 Å². The molecule has 0 saturated carbocycles. The molecule has 0 aliphatic carbocycles. The minimum absolute atomic E-state index is 0.0999. The van der Waals surface area contributed by atoms with Crippen LogP contribution in [-0.4, -0.2) is 58.2 Å². The van der Waals surface area contributed by atoms with Gasteiger partial charge in [0, 0.05) is 48.5 Å². The molecule has 1 saturated heterocycles. The standard InChI is InChI=1S/C25H32ClN5O2/c1-2-25(32)28-11-4-14-29-13-3-5-22(29)18-30-17-20(15-19-6-8-21(26)9-7-19)23-10-12-27-16-24(23)31(30)33/h6-10,12,16-17,22,33H,2-5,11,13-15,18H2,1H3,(H,28,32)/t22-/m1/s1. The highest BCUT2D eigenvalue weighted by molar-refractivity contribution is 6.30. The van der Waals surface area contributed by atoms with Gasteiger partial charge >= 0.3 is 0 Å². The maximum Gasteiger partial charge on any atom is 0.219 e. The highest BCUT2D eigenvalue weighted by atomic mass is 35.5. The van der Waals surface area contributed by atoms with Gasteiger partial charge in [-0.15, -0.1) is 0 Å². The van der Waals surface area contributed by atoms with E-state index >= 15 is 0 Å². The zero-order chi connectivity index (χ0) is 23.2. The van der Waals surface area contributed by atoms with Crippen LogP contribution in [0.15, 0.2) is 48.9 Å². The number of rotatable bonds is 9. The van der Waals surface area contributed by atoms with Gasteiger partial charge in [0.25, 0.3) is 0 Å². The van der Waals surface area contributed by atoms with E-state index in [4.69, 9.17) is 11.6 Å². The normalized spacial score (nSPS) is 18.3. The van der Waals surface area contributed by atoms with Crippen LogP contribution in [0, 0.1) is 0 Å². The Morgan fingerprint density at radius 3 is 2.88 bits per heavy atom. The molecule has 2 aliphatic heterocycles. The number of nitrogens with one attached hydrogen (secondary N) is 1. The Bertz CT molecular complexity index is 981. The van der Waals surface area contributed by atoms with Crippen molar-refractivity contribution in [2.45, 2.75) is 45.1 Å². The van der Waals surface area contributed by atoms with E-state index in [-0.39, 0.29) is 5.91 Å². The van der Waals surface area contributed by atoms with Gasteiger partial charge < -0.3 is 5.32 Å². The number of anilines is 1. The van der Waals surface area contributed by atoms with Crippen molar-refractivity contribution in [3.63, 3.8) is 0 Å². The van der Waals surface area contributed by atoms with Crippen LogP contribution in [0.2, 0.25) is 5.02 Å². The summed E-state index contributed by atoms with van der Waals surface area (Å²) in [5.41, 5.74) is 3.97. The van der Waals surface area contributed by atoms with Gasteiger partial charge in [0.15, 0.2) is 0 Å². The number of aromatic nitrogens is 1. The Labute approximate surface area is 200 Å². The topological polar surface area (TPSA) is 71.9 Å². The van der Waals surface area contributed by atoms with Crippen LogP contribution < -0.4 is 10.5 Å². The lowest BCUT2D eigenvalue weighted by Gasteiger charge is -2.39. The molecule has 2 aliphatic rings. The summed E-state index contributed by atoms with van der Waals surface area (Å²) in [6.45, 7) is 5.25. The molecule has 1 fully saturated rings. The fourth-order valence-corrected chi connectivity index (χ4v) is 4.73. The second-order valence-corrected chi connectivity index (χ2v) is 9.09. The second-order valence-electron chi connectivity index (χ2n) is 8.65. The van der Waals surface area contributed by atoms with Crippen LogP contribution in [0.25, 0.3) is 5.57 Å². The van der Waals surface area contributed by atoms with Crippen LogP contribution in [0.1, 0.15) is 43.7 Å². The number of hydrogen-bond donors (Lipinski definition) is 2. The first-order valence-corrected chi connectivity index (χ1v) is 12.1. The monoisotopic (exact) mass is 469 g/mol. The number of allylic oxidation sites excluding steroid dienone is 1. The molecule has 0 unspecified atom stereocenters. The summed E-state index contributed by atoms with van der Waals surface area (Å²) < 4.78 is 0. The number of benzene rings is 1. The lowest BCUT2D eigenvalue weighted by Crippen LogP contribution is -2.47. The van der Waals surface area contributed by atoms with Crippen LogP contribution in [-0.2, 0) is 11.2 Å². The quantitative estimate of drug-likeness (QED) is 0.538. The average molecular weight is 470 g/mol. The third-order valence-electron chi connectivity index (χ3n) is 6.38. The van der Waals surface area contributed by atoms with Crippen molar-refractivity contribution in [2.75, 3.05) is 31.4 Å². The molecule has 8 heteroatoms. The SMILES string of the molecule is CCC(=O)NCCCN1CCC[C@@H]1CN1C=C(Cc2ccc(Cl)cc2)c2ccncc2N1O. The third kappa shape index (κ3) is 5.85. The molecule has 1 amide bonds. The van der Waals surface area contributed by atoms with E-state index < -0.39 is 0 Å². The third-order valence-corrected chi connectivity index (χ3v) is 6.63. The molecule has 0 bridgehead atoms. The molecular formula is C25H32ClN5O2. The van der Waals surface area contributed by atoms with E-state index in [0.717, 1.165) is 60.5 Å². The van der Waals surface area contributed by atoms with Gasteiger partial charge in [0.1, 0.15) is 5.69 Å². The van der Waals surface area contributed by atoms with E-state index in [9.17, 15) is 10.0 Å². The molecular weight excluding hydrogens is 438 g/mol. The number of nitrogens with zero attached hydrogens (tertiary/aromatic N) is 4. The second kappa shape index (κ2) is 11.0. The maximum atomic E-state index is 11.5. The Morgan fingerprint density at radius 1 is 1.27 bits per heavy atom. The van der Waals surface area contributed by atoms with Crippen LogP contribution >= 0.6 is 11.6 Å². The molecule has 1 aromatic heterocycles. The average Bonchev–Trinajstić information content (AvgIpc) is 3.27. The smallest absolute Gasteiger partial charge is 0.219 e. The van der Waals surface area contributed by atoms with Gasteiger partial charge in [-0.25, -0.2) is 0 Å². The Balaban J connectivity index is 1.45. The van der Waals surface area contributed by atoms with Crippen LogP contribution in [0.4, 0.5) is 5.69 Å². The van der Waals surface area contributed by atoms with Gasteiger partial charge in [0.05, 0.1) is 12.7 Å². The first-order valence-electron chi connectivity index (χ1n) is 11.7. The maximum absolute atomic E-state index is 11.5. The summed E-state index contributed by atoms with van der Waals surface area (Å²) in [6, 6.07) is 10.2. The van der Waals surface area contributed by atoms with Gasteiger partial charge in [-0.2, -0.15) is 5.17 Å².